The number of benzene rings is 1. The van der Waals surface area contributed by atoms with Crippen LogP contribution in [-0.4, -0.2) is 12.9 Å². The van der Waals surface area contributed by atoms with Crippen LogP contribution in [0.2, 0.25) is 5.02 Å². The molecule has 0 spiro atoms. The van der Waals surface area contributed by atoms with Crippen molar-refractivity contribution in [2.45, 2.75) is 6.92 Å². The summed E-state index contributed by atoms with van der Waals surface area (Å²) in [6.07, 6.45) is 0. The Hall–Kier alpha value is -1.53. The molecule has 14 heavy (non-hydrogen) atoms. The summed E-state index contributed by atoms with van der Waals surface area (Å²) in [7, 11) is 1.46. The molecule has 1 aromatic rings. The fourth-order valence-corrected chi connectivity index (χ4v) is 1.53. The summed E-state index contributed by atoms with van der Waals surface area (Å²) in [6, 6.07) is 4.99. The van der Waals surface area contributed by atoms with Gasteiger partial charge in [-0.2, -0.15) is 5.26 Å². The van der Waals surface area contributed by atoms with Gasteiger partial charge in [-0.25, -0.2) is 0 Å². The Labute approximate surface area is 86.9 Å². The Morgan fingerprint density at radius 2 is 2.21 bits per heavy atom. The minimum Gasteiger partial charge on any atom is -0.495 e. The summed E-state index contributed by atoms with van der Waals surface area (Å²) in [5.74, 6) is 0.154. The van der Waals surface area contributed by atoms with Gasteiger partial charge in [0, 0.05) is 0 Å². The van der Waals surface area contributed by atoms with Gasteiger partial charge in [-0.15, -0.1) is 0 Å². The van der Waals surface area contributed by atoms with Crippen molar-refractivity contribution in [3.8, 4) is 11.8 Å². The molecule has 0 aliphatic rings. The predicted molar refractivity (Wildman–Crippen MR) is 52.7 cm³/mol. The molecule has 1 rings (SSSR count). The van der Waals surface area contributed by atoms with Crippen molar-refractivity contribution in [3.05, 3.63) is 28.3 Å². The van der Waals surface area contributed by atoms with Crippen LogP contribution in [0.1, 0.15) is 22.8 Å². The normalized spacial score (nSPS) is 9.29. The summed E-state index contributed by atoms with van der Waals surface area (Å²) in [4.78, 5) is 11.2. The lowest BCUT2D eigenvalue weighted by atomic mass is 10.0. The third-order valence-electron chi connectivity index (χ3n) is 1.80. The second-order valence-electron chi connectivity index (χ2n) is 2.67. The number of ether oxygens (including phenoxy) is 1. The van der Waals surface area contributed by atoms with Gasteiger partial charge in [-0.1, -0.05) is 11.6 Å². The number of hydrogen-bond donors (Lipinski definition) is 0. The number of halogens is 1. The van der Waals surface area contributed by atoms with Gasteiger partial charge in [0.05, 0.1) is 29.3 Å². The van der Waals surface area contributed by atoms with Gasteiger partial charge in [0.2, 0.25) is 0 Å². The number of methoxy groups -OCH3 is 1. The Kier molecular flexibility index (Phi) is 3.10. The quantitative estimate of drug-likeness (QED) is 0.703. The maximum atomic E-state index is 11.2. The Balaban J connectivity index is 3.49. The number of carbonyl (C=O) groups excluding carboxylic acids is 1. The van der Waals surface area contributed by atoms with E-state index in [1.165, 1.54) is 20.1 Å². The highest BCUT2D eigenvalue weighted by Crippen LogP contribution is 2.30. The van der Waals surface area contributed by atoms with Crippen molar-refractivity contribution in [2.24, 2.45) is 0 Å². The zero-order valence-corrected chi connectivity index (χ0v) is 8.55. The van der Waals surface area contributed by atoms with Gasteiger partial charge >= 0.3 is 0 Å². The zero-order chi connectivity index (χ0) is 10.7. The maximum Gasteiger partial charge on any atom is 0.162 e. The van der Waals surface area contributed by atoms with Crippen LogP contribution >= 0.6 is 11.6 Å². The molecule has 0 saturated carbocycles. The van der Waals surface area contributed by atoms with Crippen molar-refractivity contribution in [3.63, 3.8) is 0 Å². The van der Waals surface area contributed by atoms with Gasteiger partial charge in [0.15, 0.2) is 5.78 Å². The van der Waals surface area contributed by atoms with E-state index in [0.29, 0.717) is 5.75 Å². The molecule has 72 valence electrons. The molecule has 0 aliphatic heterocycles. The topological polar surface area (TPSA) is 50.1 Å². The lowest BCUT2D eigenvalue weighted by Gasteiger charge is -2.07. The smallest absolute Gasteiger partial charge is 0.162 e. The first kappa shape index (κ1) is 10.6. The van der Waals surface area contributed by atoms with Crippen LogP contribution in [0, 0.1) is 11.3 Å². The SMILES string of the molecule is COc1ccc(C#N)c(C(C)=O)c1Cl. The zero-order valence-electron chi connectivity index (χ0n) is 7.80. The van der Waals surface area contributed by atoms with E-state index < -0.39 is 0 Å². The summed E-state index contributed by atoms with van der Waals surface area (Å²) < 4.78 is 4.94. The van der Waals surface area contributed by atoms with E-state index in [0.717, 1.165) is 0 Å². The number of nitrogens with zero attached hydrogens (tertiary/aromatic N) is 1. The minimum atomic E-state index is -0.245. The third kappa shape index (κ3) is 1.70. The van der Waals surface area contributed by atoms with E-state index in [2.05, 4.69) is 0 Å². The van der Waals surface area contributed by atoms with Crippen LogP contribution in [0.5, 0.6) is 5.75 Å². The number of carbonyl (C=O) groups is 1. The van der Waals surface area contributed by atoms with Crippen LogP contribution in [0.4, 0.5) is 0 Å². The second kappa shape index (κ2) is 4.12. The highest BCUT2D eigenvalue weighted by molar-refractivity contribution is 6.35. The monoisotopic (exact) mass is 209 g/mol. The third-order valence-corrected chi connectivity index (χ3v) is 2.17. The first-order chi connectivity index (χ1) is 6.61. The number of rotatable bonds is 2. The fraction of sp³-hybridized carbons (Fsp3) is 0.200. The van der Waals surface area contributed by atoms with Crippen LogP contribution in [0.3, 0.4) is 0 Å². The predicted octanol–water partition coefficient (Wildman–Crippen LogP) is 2.42. The maximum absolute atomic E-state index is 11.2. The van der Waals surface area contributed by atoms with Gasteiger partial charge < -0.3 is 4.74 Å². The summed E-state index contributed by atoms with van der Waals surface area (Å²) >= 11 is 5.89. The second-order valence-corrected chi connectivity index (χ2v) is 3.05. The van der Waals surface area contributed by atoms with Gasteiger partial charge in [0.25, 0.3) is 0 Å². The van der Waals surface area contributed by atoms with E-state index in [1.54, 1.807) is 6.07 Å². The fourth-order valence-electron chi connectivity index (χ4n) is 1.15. The number of Topliss-reactive ketones (excluding diaryl/α,β-unsaturated/α-hetero) is 1. The number of nitriles is 1. The molecule has 3 nitrogen and oxygen atoms in total. The van der Waals surface area contributed by atoms with E-state index >= 15 is 0 Å². The standard InChI is InChI=1S/C10H8ClNO2/c1-6(13)9-7(5-12)3-4-8(14-2)10(9)11/h3-4H,1-2H3. The number of ketones is 1. The van der Waals surface area contributed by atoms with Gasteiger partial charge in [-0.3, -0.25) is 4.79 Å². The molecule has 0 aliphatic carbocycles. The average molecular weight is 210 g/mol. The molecule has 0 amide bonds. The Bertz CT molecular complexity index is 421. The van der Waals surface area contributed by atoms with Crippen LogP contribution < -0.4 is 4.74 Å². The van der Waals surface area contributed by atoms with Crippen molar-refractivity contribution in [1.29, 1.82) is 5.26 Å². The lowest BCUT2D eigenvalue weighted by Crippen LogP contribution is -1.99. The summed E-state index contributed by atoms with van der Waals surface area (Å²) in [5.41, 5.74) is 0.483. The Morgan fingerprint density at radius 1 is 1.57 bits per heavy atom. The molecule has 0 fully saturated rings. The molecule has 4 heteroatoms. The molecule has 0 aromatic heterocycles. The lowest BCUT2D eigenvalue weighted by molar-refractivity contribution is 0.101. The molecule has 0 heterocycles. The number of hydrogen-bond acceptors (Lipinski definition) is 3. The Morgan fingerprint density at radius 3 is 2.64 bits per heavy atom. The van der Waals surface area contributed by atoms with E-state index in [9.17, 15) is 4.79 Å². The van der Waals surface area contributed by atoms with E-state index in [1.807, 2.05) is 6.07 Å². The highest BCUT2D eigenvalue weighted by atomic mass is 35.5. The molecule has 0 bridgehead atoms. The van der Waals surface area contributed by atoms with Crippen molar-refractivity contribution < 1.29 is 9.53 Å². The van der Waals surface area contributed by atoms with Crippen molar-refractivity contribution in [2.75, 3.05) is 7.11 Å². The molecular formula is C10H8ClNO2. The van der Waals surface area contributed by atoms with Gasteiger partial charge in [-0.05, 0) is 19.1 Å². The van der Waals surface area contributed by atoms with Crippen molar-refractivity contribution >= 4 is 17.4 Å². The van der Waals surface area contributed by atoms with Crippen LogP contribution in [-0.2, 0) is 0 Å². The molecule has 0 saturated heterocycles. The molecule has 1 aromatic carbocycles. The molecule has 0 unspecified atom stereocenters. The van der Waals surface area contributed by atoms with E-state index in [4.69, 9.17) is 21.6 Å². The minimum absolute atomic E-state index is 0.194. The summed E-state index contributed by atoms with van der Waals surface area (Å²) in [5, 5.41) is 8.95. The molecular weight excluding hydrogens is 202 g/mol. The highest BCUT2D eigenvalue weighted by Gasteiger charge is 2.15. The molecule has 0 atom stereocenters. The van der Waals surface area contributed by atoms with Crippen molar-refractivity contribution in [1.82, 2.24) is 0 Å². The molecule has 0 N–H and O–H groups in total. The average Bonchev–Trinajstić information content (AvgIpc) is 2.16. The first-order valence-electron chi connectivity index (χ1n) is 3.89. The first-order valence-corrected chi connectivity index (χ1v) is 4.27. The van der Waals surface area contributed by atoms with Crippen LogP contribution in [0.15, 0.2) is 12.1 Å². The van der Waals surface area contributed by atoms with Gasteiger partial charge in [0.1, 0.15) is 5.75 Å². The van der Waals surface area contributed by atoms with E-state index in [-0.39, 0.29) is 21.9 Å². The molecule has 0 radical (unpaired) electrons. The largest absolute Gasteiger partial charge is 0.495 e. The van der Waals surface area contributed by atoms with Crippen LogP contribution in [0.25, 0.3) is 0 Å². The summed E-state index contributed by atoms with van der Waals surface area (Å²) in [6.45, 7) is 1.36.